The molecule has 1 amide bonds. The fourth-order valence-corrected chi connectivity index (χ4v) is 2.51. The molecule has 3 rings (SSSR count). The van der Waals surface area contributed by atoms with Gasteiger partial charge in [-0.05, 0) is 42.0 Å². The number of phenolic OH excluding ortho intramolecular Hbond substituents is 1. The molecule has 0 unspecified atom stereocenters. The van der Waals surface area contributed by atoms with Gasteiger partial charge in [0.2, 0.25) is 0 Å². The number of phenols is 1. The highest BCUT2D eigenvalue weighted by molar-refractivity contribution is 5.97. The van der Waals surface area contributed by atoms with E-state index in [0.717, 1.165) is 10.9 Å². The molecule has 0 aliphatic rings. The Morgan fingerprint density at radius 2 is 2.00 bits per heavy atom. The van der Waals surface area contributed by atoms with Crippen molar-refractivity contribution in [3.8, 4) is 11.5 Å². The monoisotopic (exact) mass is 369 g/mol. The highest BCUT2D eigenvalue weighted by atomic mass is 16.5. The van der Waals surface area contributed by atoms with E-state index < -0.39 is 11.9 Å². The first-order valence-electron chi connectivity index (χ1n) is 8.28. The maximum absolute atomic E-state index is 12.3. The Labute approximate surface area is 155 Å². The van der Waals surface area contributed by atoms with Crippen LogP contribution in [-0.2, 0) is 16.1 Å². The first-order valence-corrected chi connectivity index (χ1v) is 8.28. The van der Waals surface area contributed by atoms with Gasteiger partial charge in [0.1, 0.15) is 29.4 Å². The molecule has 0 fully saturated rings. The van der Waals surface area contributed by atoms with E-state index in [2.05, 4.69) is 5.32 Å². The van der Waals surface area contributed by atoms with Crippen LogP contribution in [0.25, 0.3) is 11.0 Å². The standard InChI is InChI=1S/C20H19NO6/c1-25-17-6-7-18-14(8-17)9-19(27-18)20(24)21-15(10-22)12-26-11-13-2-4-16(23)5-3-13/h2-10,15,23H,11-12H2,1H3,(H,21,24)/t15-/m1/s1. The molecule has 3 aromatic rings. The van der Waals surface area contributed by atoms with Crippen molar-refractivity contribution >= 4 is 23.2 Å². The predicted octanol–water partition coefficient (Wildman–Crippen LogP) is 2.66. The van der Waals surface area contributed by atoms with Gasteiger partial charge < -0.3 is 29.1 Å². The van der Waals surface area contributed by atoms with Gasteiger partial charge in [0.05, 0.1) is 20.3 Å². The number of aldehydes is 1. The number of amides is 1. The molecule has 0 bridgehead atoms. The van der Waals surface area contributed by atoms with E-state index in [-0.39, 0.29) is 24.7 Å². The molecule has 140 valence electrons. The number of hydrogen-bond acceptors (Lipinski definition) is 6. The number of carbonyl (C=O) groups is 2. The maximum atomic E-state index is 12.3. The molecule has 0 aliphatic heterocycles. The van der Waals surface area contributed by atoms with Crippen molar-refractivity contribution in [1.82, 2.24) is 5.32 Å². The Kier molecular flexibility index (Phi) is 5.73. The van der Waals surface area contributed by atoms with Crippen molar-refractivity contribution in [2.75, 3.05) is 13.7 Å². The number of methoxy groups -OCH3 is 1. The van der Waals surface area contributed by atoms with Crippen LogP contribution in [0.4, 0.5) is 0 Å². The first-order chi connectivity index (χ1) is 13.1. The Hall–Kier alpha value is -3.32. The van der Waals surface area contributed by atoms with Crippen LogP contribution >= 0.6 is 0 Å². The van der Waals surface area contributed by atoms with Crippen LogP contribution in [0.5, 0.6) is 11.5 Å². The molecular formula is C20H19NO6. The second kappa shape index (κ2) is 8.37. The molecule has 1 atom stereocenters. The van der Waals surface area contributed by atoms with Crippen LogP contribution in [0.2, 0.25) is 0 Å². The molecule has 0 spiro atoms. The van der Waals surface area contributed by atoms with Gasteiger partial charge in [-0.2, -0.15) is 0 Å². The van der Waals surface area contributed by atoms with Crippen LogP contribution < -0.4 is 10.1 Å². The number of hydrogen-bond donors (Lipinski definition) is 2. The SMILES string of the molecule is COc1ccc2oc(C(=O)N[C@H](C=O)COCc3ccc(O)cc3)cc2c1. The number of ether oxygens (including phenoxy) is 2. The third-order valence-electron chi connectivity index (χ3n) is 3.93. The van der Waals surface area contributed by atoms with Crippen molar-refractivity contribution in [2.45, 2.75) is 12.6 Å². The number of carbonyl (C=O) groups excluding carboxylic acids is 2. The normalized spacial score (nSPS) is 11.9. The van der Waals surface area contributed by atoms with Gasteiger partial charge in [0.25, 0.3) is 5.91 Å². The molecule has 27 heavy (non-hydrogen) atoms. The fourth-order valence-electron chi connectivity index (χ4n) is 2.51. The summed E-state index contributed by atoms with van der Waals surface area (Å²) < 4.78 is 16.1. The van der Waals surface area contributed by atoms with E-state index in [4.69, 9.17) is 13.9 Å². The summed E-state index contributed by atoms with van der Waals surface area (Å²) >= 11 is 0. The zero-order valence-corrected chi connectivity index (χ0v) is 14.7. The second-order valence-electron chi connectivity index (χ2n) is 5.91. The van der Waals surface area contributed by atoms with E-state index >= 15 is 0 Å². The predicted molar refractivity (Wildman–Crippen MR) is 97.8 cm³/mol. The van der Waals surface area contributed by atoms with Gasteiger partial charge in [0, 0.05) is 5.39 Å². The molecule has 7 heteroatoms. The summed E-state index contributed by atoms with van der Waals surface area (Å²) in [5.41, 5.74) is 1.39. The van der Waals surface area contributed by atoms with Gasteiger partial charge >= 0.3 is 0 Å². The lowest BCUT2D eigenvalue weighted by Crippen LogP contribution is -2.39. The summed E-state index contributed by atoms with van der Waals surface area (Å²) in [6, 6.07) is 12.5. The zero-order valence-electron chi connectivity index (χ0n) is 14.7. The lowest BCUT2D eigenvalue weighted by molar-refractivity contribution is -0.110. The Morgan fingerprint density at radius 1 is 1.22 bits per heavy atom. The highest BCUT2D eigenvalue weighted by Crippen LogP contribution is 2.24. The molecular weight excluding hydrogens is 350 g/mol. The Balaban J connectivity index is 1.57. The number of furan rings is 1. The van der Waals surface area contributed by atoms with E-state index in [9.17, 15) is 14.7 Å². The van der Waals surface area contributed by atoms with Crippen LogP contribution in [0.3, 0.4) is 0 Å². The van der Waals surface area contributed by atoms with Crippen LogP contribution in [0.15, 0.2) is 52.9 Å². The largest absolute Gasteiger partial charge is 0.508 e. The van der Waals surface area contributed by atoms with Crippen molar-refractivity contribution in [3.63, 3.8) is 0 Å². The van der Waals surface area contributed by atoms with E-state index in [1.54, 1.807) is 55.6 Å². The Morgan fingerprint density at radius 3 is 2.70 bits per heavy atom. The lowest BCUT2D eigenvalue weighted by Gasteiger charge is -2.12. The third-order valence-corrected chi connectivity index (χ3v) is 3.93. The third kappa shape index (κ3) is 4.65. The van der Waals surface area contributed by atoms with E-state index in [1.807, 2.05) is 0 Å². The molecule has 2 aromatic carbocycles. The molecule has 7 nitrogen and oxygen atoms in total. The van der Waals surface area contributed by atoms with Gasteiger partial charge in [0.15, 0.2) is 5.76 Å². The quantitative estimate of drug-likeness (QED) is 0.593. The number of benzene rings is 2. The van der Waals surface area contributed by atoms with Gasteiger partial charge in [-0.25, -0.2) is 0 Å². The van der Waals surface area contributed by atoms with E-state index in [1.165, 1.54) is 0 Å². The van der Waals surface area contributed by atoms with Crippen molar-refractivity contribution in [3.05, 3.63) is 59.9 Å². The maximum Gasteiger partial charge on any atom is 0.287 e. The van der Waals surface area contributed by atoms with E-state index in [0.29, 0.717) is 17.6 Å². The highest BCUT2D eigenvalue weighted by Gasteiger charge is 2.17. The number of fused-ring (bicyclic) bond motifs is 1. The van der Waals surface area contributed by atoms with Crippen LogP contribution in [0.1, 0.15) is 16.1 Å². The topological polar surface area (TPSA) is 98.0 Å². The summed E-state index contributed by atoms with van der Waals surface area (Å²) in [4.78, 5) is 23.6. The number of rotatable bonds is 8. The first kappa shape index (κ1) is 18.5. The molecule has 0 radical (unpaired) electrons. The molecule has 2 N–H and O–H groups in total. The van der Waals surface area contributed by atoms with Crippen molar-refractivity contribution in [2.24, 2.45) is 0 Å². The minimum atomic E-state index is -0.808. The molecule has 1 aromatic heterocycles. The summed E-state index contributed by atoms with van der Waals surface area (Å²) in [6.07, 6.45) is 0.612. The average molecular weight is 369 g/mol. The summed E-state index contributed by atoms with van der Waals surface area (Å²) in [6.45, 7) is 0.273. The number of nitrogens with one attached hydrogen (secondary N) is 1. The minimum Gasteiger partial charge on any atom is -0.508 e. The number of aromatic hydroxyl groups is 1. The molecule has 0 saturated carbocycles. The summed E-state index contributed by atoms with van der Waals surface area (Å²) in [7, 11) is 1.56. The fraction of sp³-hybridized carbons (Fsp3) is 0.200. The van der Waals surface area contributed by atoms with Crippen molar-refractivity contribution in [1.29, 1.82) is 0 Å². The summed E-state index contributed by atoms with van der Waals surface area (Å²) in [5.74, 6) is 0.419. The van der Waals surface area contributed by atoms with Gasteiger partial charge in [-0.1, -0.05) is 12.1 Å². The van der Waals surface area contributed by atoms with Gasteiger partial charge in [-0.15, -0.1) is 0 Å². The van der Waals surface area contributed by atoms with Crippen LogP contribution in [-0.4, -0.2) is 37.1 Å². The van der Waals surface area contributed by atoms with Crippen LogP contribution in [0, 0.1) is 0 Å². The van der Waals surface area contributed by atoms with Gasteiger partial charge in [-0.3, -0.25) is 4.79 Å². The smallest absolute Gasteiger partial charge is 0.287 e. The zero-order chi connectivity index (χ0) is 19.2. The average Bonchev–Trinajstić information content (AvgIpc) is 3.12. The Bertz CT molecular complexity index is 931. The molecule has 1 heterocycles. The lowest BCUT2D eigenvalue weighted by atomic mass is 10.2. The molecule has 0 aliphatic carbocycles. The minimum absolute atomic E-state index is 0.0180. The summed E-state index contributed by atoms with van der Waals surface area (Å²) in [5, 5.41) is 12.5. The van der Waals surface area contributed by atoms with Crippen molar-refractivity contribution < 1.29 is 28.6 Å². The molecule has 0 saturated heterocycles. The second-order valence-corrected chi connectivity index (χ2v) is 5.91.